The van der Waals surface area contributed by atoms with Gasteiger partial charge in [-0.15, -0.1) is 0 Å². The summed E-state index contributed by atoms with van der Waals surface area (Å²) in [5, 5.41) is 22.3. The van der Waals surface area contributed by atoms with Crippen LogP contribution in [0.25, 0.3) is 11.1 Å². The summed E-state index contributed by atoms with van der Waals surface area (Å²) in [5.41, 5.74) is -3.17. The van der Waals surface area contributed by atoms with Crippen molar-refractivity contribution in [2.45, 2.75) is 12.7 Å². The lowest BCUT2D eigenvalue weighted by molar-refractivity contribution is -0.142. The van der Waals surface area contributed by atoms with Gasteiger partial charge in [0.05, 0.1) is 47.4 Å². The first-order valence-electron chi connectivity index (χ1n) is 10.5. The summed E-state index contributed by atoms with van der Waals surface area (Å²) >= 11 is 0. The highest BCUT2D eigenvalue weighted by Gasteiger charge is 2.39. The Labute approximate surface area is 210 Å². The average Bonchev–Trinajstić information content (AvgIpc) is 2.88. The van der Waals surface area contributed by atoms with Crippen LogP contribution in [0.1, 0.15) is 22.5 Å². The van der Waals surface area contributed by atoms with Gasteiger partial charge in [-0.1, -0.05) is 0 Å². The number of hydrogen-bond acceptors (Lipinski definition) is 8. The Morgan fingerprint density at radius 2 is 1.68 bits per heavy atom. The molecule has 0 N–H and O–H groups in total. The van der Waals surface area contributed by atoms with Crippen LogP contribution in [0, 0.1) is 28.6 Å². The third-order valence-electron chi connectivity index (χ3n) is 5.13. The number of ether oxygens (including phenoxy) is 1. The lowest BCUT2D eigenvalue weighted by Gasteiger charge is -2.15. The van der Waals surface area contributed by atoms with E-state index in [0.717, 1.165) is 33.6 Å². The van der Waals surface area contributed by atoms with Crippen LogP contribution in [0.5, 0.6) is 11.5 Å². The summed E-state index contributed by atoms with van der Waals surface area (Å²) < 4.78 is 61.2. The van der Waals surface area contributed by atoms with Crippen molar-refractivity contribution >= 4 is 0 Å². The smallest absolute Gasteiger partial charge is 0.437 e. The number of hydrogen-bond donors (Lipinski definition) is 0. The number of alkyl halides is 3. The van der Waals surface area contributed by atoms with Crippen LogP contribution in [0.4, 0.5) is 17.6 Å². The van der Waals surface area contributed by atoms with E-state index in [0.29, 0.717) is 6.33 Å². The molecule has 0 atom stereocenters. The van der Waals surface area contributed by atoms with E-state index in [9.17, 15) is 27.2 Å². The number of aryl methyl sites for hydroxylation is 1. The Morgan fingerprint density at radius 1 is 1.00 bits per heavy atom. The molecule has 0 unspecified atom stereocenters. The zero-order valence-electron chi connectivity index (χ0n) is 19.2. The van der Waals surface area contributed by atoms with Crippen molar-refractivity contribution in [1.82, 2.24) is 24.3 Å². The van der Waals surface area contributed by atoms with Crippen molar-refractivity contribution in [2.24, 2.45) is 7.05 Å². The molecule has 38 heavy (non-hydrogen) atoms. The van der Waals surface area contributed by atoms with Crippen LogP contribution in [-0.4, -0.2) is 24.3 Å². The maximum atomic E-state index is 13.7. The number of benzene rings is 1. The molecule has 10 nitrogen and oxygen atoms in total. The zero-order chi connectivity index (χ0) is 27.6. The van der Waals surface area contributed by atoms with Gasteiger partial charge in [0.2, 0.25) is 11.7 Å². The third kappa shape index (κ3) is 5.24. The van der Waals surface area contributed by atoms with Crippen molar-refractivity contribution in [3.05, 3.63) is 98.1 Å². The topological polar surface area (TPSA) is 139 Å². The normalized spacial score (nSPS) is 11.0. The summed E-state index contributed by atoms with van der Waals surface area (Å²) in [7, 11) is 1.32. The number of pyridine rings is 1. The summed E-state index contributed by atoms with van der Waals surface area (Å²) in [4.78, 5) is 32.5. The Bertz CT molecular complexity index is 1720. The molecule has 190 valence electrons. The van der Waals surface area contributed by atoms with E-state index in [4.69, 9.17) is 15.3 Å². The van der Waals surface area contributed by atoms with Gasteiger partial charge < -0.3 is 4.74 Å². The fourth-order valence-electron chi connectivity index (χ4n) is 3.45. The lowest BCUT2D eigenvalue weighted by Crippen LogP contribution is -2.28. The molecule has 0 bridgehead atoms. The van der Waals surface area contributed by atoms with Crippen LogP contribution < -0.4 is 15.9 Å². The zero-order valence-corrected chi connectivity index (χ0v) is 19.2. The molecular weight excluding hydrogens is 510 g/mol. The third-order valence-corrected chi connectivity index (χ3v) is 5.13. The minimum absolute atomic E-state index is 0.0618. The first-order valence-corrected chi connectivity index (χ1v) is 10.5. The fourth-order valence-corrected chi connectivity index (χ4v) is 3.45. The molecule has 3 heterocycles. The molecule has 0 radical (unpaired) electrons. The van der Waals surface area contributed by atoms with Crippen LogP contribution in [0.3, 0.4) is 0 Å². The van der Waals surface area contributed by atoms with E-state index in [1.54, 1.807) is 12.1 Å². The second-order valence-electron chi connectivity index (χ2n) is 7.77. The van der Waals surface area contributed by atoms with Gasteiger partial charge in [0.15, 0.2) is 5.69 Å². The van der Waals surface area contributed by atoms with Crippen molar-refractivity contribution in [3.8, 4) is 34.8 Å². The monoisotopic (exact) mass is 523 g/mol. The van der Waals surface area contributed by atoms with Gasteiger partial charge in [0.25, 0.3) is 11.1 Å². The predicted molar refractivity (Wildman–Crippen MR) is 121 cm³/mol. The van der Waals surface area contributed by atoms with Crippen molar-refractivity contribution in [1.29, 1.82) is 10.5 Å². The predicted octanol–water partition coefficient (Wildman–Crippen LogP) is 3.14. The number of halogens is 4. The quantitative estimate of drug-likeness (QED) is 0.287. The molecule has 4 aromatic rings. The molecule has 0 aliphatic carbocycles. The number of nitriles is 2. The fraction of sp³-hybridized carbons (Fsp3) is 0.125. The Morgan fingerprint density at radius 3 is 2.26 bits per heavy atom. The van der Waals surface area contributed by atoms with E-state index >= 15 is 0 Å². The first-order chi connectivity index (χ1) is 18.0. The molecule has 0 spiro atoms. The van der Waals surface area contributed by atoms with E-state index in [2.05, 4.69) is 15.1 Å². The van der Waals surface area contributed by atoms with Gasteiger partial charge in [-0.2, -0.15) is 33.2 Å². The first kappa shape index (κ1) is 25.7. The summed E-state index contributed by atoms with van der Waals surface area (Å²) in [5.74, 6) is -2.31. The van der Waals surface area contributed by atoms with E-state index in [1.165, 1.54) is 25.2 Å². The molecule has 14 heteroatoms. The summed E-state index contributed by atoms with van der Waals surface area (Å²) in [6.45, 7) is -0.419. The van der Waals surface area contributed by atoms with Crippen LogP contribution >= 0.6 is 0 Å². The second kappa shape index (κ2) is 9.94. The molecule has 0 amide bonds. The van der Waals surface area contributed by atoms with Crippen molar-refractivity contribution in [2.75, 3.05) is 0 Å². The van der Waals surface area contributed by atoms with E-state index in [-0.39, 0.29) is 33.7 Å². The molecule has 0 aliphatic heterocycles. The summed E-state index contributed by atoms with van der Waals surface area (Å²) in [6, 6.07) is 10.5. The van der Waals surface area contributed by atoms with E-state index in [1.807, 2.05) is 0 Å². The second-order valence-corrected chi connectivity index (χ2v) is 7.77. The molecule has 1 aromatic carbocycles. The summed E-state index contributed by atoms with van der Waals surface area (Å²) in [6.07, 6.45) is -3.30. The van der Waals surface area contributed by atoms with E-state index < -0.39 is 41.2 Å². The maximum absolute atomic E-state index is 13.7. The number of rotatable bonds is 5. The highest BCUT2D eigenvalue weighted by atomic mass is 19.4. The molecule has 0 aliphatic rings. The van der Waals surface area contributed by atoms with Gasteiger partial charge in [-0.05, 0) is 36.4 Å². The average molecular weight is 523 g/mol. The lowest BCUT2D eigenvalue weighted by atomic mass is 10.1. The molecule has 0 saturated carbocycles. The van der Waals surface area contributed by atoms with Crippen LogP contribution in [-0.2, 0) is 19.8 Å². The van der Waals surface area contributed by atoms with Gasteiger partial charge in [-0.3, -0.25) is 14.2 Å². The molecular formula is C24H13F4N7O3. The molecule has 0 fully saturated rings. The standard InChI is InChI=1S/C24H13F4N7O3/c1-34-22(36)18(15-2-3-19(25)31-10-15)7-16(33-34)11-35-12-32-21(24(26,27)28)20(23(35)37)38-17-5-13(8-29)4-14(6-17)9-30/h2-7,10,12H,11H2,1H3. The SMILES string of the molecule is Cn1nc(Cn2cnc(C(F)(F)F)c(Oc3cc(C#N)cc(C#N)c3)c2=O)cc(-c2ccc(F)nc2)c1=O. The molecule has 4 rings (SSSR count). The van der Waals surface area contributed by atoms with Gasteiger partial charge >= 0.3 is 6.18 Å². The number of aromatic nitrogens is 5. The van der Waals surface area contributed by atoms with Gasteiger partial charge in [0, 0.05) is 18.8 Å². The van der Waals surface area contributed by atoms with Crippen LogP contribution in [0.2, 0.25) is 0 Å². The molecule has 0 saturated heterocycles. The number of nitrogens with zero attached hydrogens (tertiary/aromatic N) is 7. The Balaban J connectivity index is 1.80. The van der Waals surface area contributed by atoms with Crippen molar-refractivity contribution in [3.63, 3.8) is 0 Å². The van der Waals surface area contributed by atoms with Gasteiger partial charge in [0.1, 0.15) is 5.75 Å². The van der Waals surface area contributed by atoms with Crippen LogP contribution in [0.15, 0.2) is 58.5 Å². The largest absolute Gasteiger partial charge is 0.449 e. The minimum Gasteiger partial charge on any atom is -0.449 e. The van der Waals surface area contributed by atoms with Crippen molar-refractivity contribution < 1.29 is 22.3 Å². The highest BCUT2D eigenvalue weighted by Crippen LogP contribution is 2.34. The van der Waals surface area contributed by atoms with Gasteiger partial charge in [-0.25, -0.2) is 14.6 Å². The maximum Gasteiger partial charge on any atom is 0.437 e. The Hall–Kier alpha value is -5.37. The minimum atomic E-state index is -5.07. The highest BCUT2D eigenvalue weighted by molar-refractivity contribution is 5.61. The Kier molecular flexibility index (Phi) is 6.73. The molecule has 3 aromatic heterocycles.